The number of hydrogen-bond donors (Lipinski definition) is 0. The third-order valence-corrected chi connectivity index (χ3v) is 2.69. The van der Waals surface area contributed by atoms with Crippen molar-refractivity contribution in [3.8, 4) is 0 Å². The largest absolute Gasteiger partial charge is 0.464 e. The topological polar surface area (TPSA) is 55.7 Å². The summed E-state index contributed by atoms with van der Waals surface area (Å²) in [4.78, 5) is 22.2. The summed E-state index contributed by atoms with van der Waals surface area (Å²) in [6, 6.07) is 8.82. The van der Waals surface area contributed by atoms with Gasteiger partial charge in [-0.15, -0.1) is 4.91 Å². The second kappa shape index (κ2) is 8.39. The second-order valence-corrected chi connectivity index (χ2v) is 4.17. The first-order valence-corrected chi connectivity index (χ1v) is 6.31. The van der Waals surface area contributed by atoms with Crippen molar-refractivity contribution in [1.82, 2.24) is 0 Å². The predicted octanol–water partition coefficient (Wildman–Crippen LogP) is 3.10. The van der Waals surface area contributed by atoms with Crippen molar-refractivity contribution in [2.45, 2.75) is 38.6 Å². The van der Waals surface area contributed by atoms with E-state index in [1.54, 1.807) is 0 Å². The minimum Gasteiger partial charge on any atom is -0.464 e. The molecular weight excluding hydrogens is 230 g/mol. The van der Waals surface area contributed by atoms with Crippen LogP contribution in [-0.4, -0.2) is 18.6 Å². The fraction of sp³-hybridized carbons (Fsp3) is 0.500. The molecular formula is C14H19NO3. The third-order valence-electron chi connectivity index (χ3n) is 2.69. The van der Waals surface area contributed by atoms with Crippen molar-refractivity contribution < 1.29 is 9.53 Å². The summed E-state index contributed by atoms with van der Waals surface area (Å²) in [5, 5.41) is 2.86. The number of nitroso groups, excluding NO2 is 1. The Hall–Kier alpha value is -1.71. The third kappa shape index (κ3) is 5.08. The molecule has 0 bridgehead atoms. The lowest BCUT2D eigenvalue weighted by atomic mass is 10.1. The fourth-order valence-electron chi connectivity index (χ4n) is 1.57. The number of unbranched alkanes of at least 4 members (excludes halogenated alkanes) is 1. The molecule has 0 saturated carbocycles. The van der Waals surface area contributed by atoms with E-state index < -0.39 is 12.0 Å². The van der Waals surface area contributed by atoms with Crippen LogP contribution in [0.3, 0.4) is 0 Å². The number of esters is 1. The molecule has 4 heteroatoms. The summed E-state index contributed by atoms with van der Waals surface area (Å²) in [5.41, 5.74) is 1.09. The average Bonchev–Trinajstić information content (AvgIpc) is 2.41. The van der Waals surface area contributed by atoms with Gasteiger partial charge in [0.25, 0.3) is 0 Å². The molecule has 1 aromatic carbocycles. The first-order valence-electron chi connectivity index (χ1n) is 6.31. The summed E-state index contributed by atoms with van der Waals surface area (Å²) in [6.07, 6.45) is 2.82. The zero-order valence-corrected chi connectivity index (χ0v) is 10.7. The average molecular weight is 249 g/mol. The lowest BCUT2D eigenvalue weighted by molar-refractivity contribution is -0.145. The zero-order valence-electron chi connectivity index (χ0n) is 10.7. The molecule has 1 atom stereocenters. The van der Waals surface area contributed by atoms with E-state index >= 15 is 0 Å². The summed E-state index contributed by atoms with van der Waals surface area (Å²) in [7, 11) is 0. The molecule has 0 radical (unpaired) electrons. The Morgan fingerprint density at radius 3 is 2.67 bits per heavy atom. The summed E-state index contributed by atoms with van der Waals surface area (Å²) in [6.45, 7) is 2.38. The van der Waals surface area contributed by atoms with E-state index in [2.05, 4.69) is 5.18 Å². The Kier molecular flexibility index (Phi) is 6.69. The first kappa shape index (κ1) is 14.4. The molecule has 0 aliphatic carbocycles. The van der Waals surface area contributed by atoms with E-state index in [0.29, 0.717) is 19.4 Å². The normalized spacial score (nSPS) is 11.8. The molecule has 0 aliphatic rings. The molecule has 0 spiro atoms. The van der Waals surface area contributed by atoms with Crippen molar-refractivity contribution >= 4 is 5.97 Å². The molecule has 0 aliphatic heterocycles. The smallest absolute Gasteiger partial charge is 0.334 e. The highest BCUT2D eigenvalue weighted by molar-refractivity contribution is 5.75. The highest BCUT2D eigenvalue weighted by atomic mass is 16.5. The van der Waals surface area contributed by atoms with Crippen LogP contribution in [-0.2, 0) is 16.0 Å². The number of benzene rings is 1. The van der Waals surface area contributed by atoms with Crippen LogP contribution < -0.4 is 0 Å². The van der Waals surface area contributed by atoms with Gasteiger partial charge in [-0.05, 0) is 24.8 Å². The van der Waals surface area contributed by atoms with Gasteiger partial charge in [0.05, 0.1) is 6.61 Å². The molecule has 0 amide bonds. The van der Waals surface area contributed by atoms with Crippen molar-refractivity contribution in [2.24, 2.45) is 5.18 Å². The number of nitrogens with zero attached hydrogens (tertiary/aromatic N) is 1. The highest BCUT2D eigenvalue weighted by Gasteiger charge is 2.20. The molecule has 1 aromatic rings. The van der Waals surface area contributed by atoms with Crippen LogP contribution in [0.2, 0.25) is 0 Å². The number of aryl methyl sites for hydroxylation is 1. The Bertz CT molecular complexity index is 365. The predicted molar refractivity (Wildman–Crippen MR) is 70.2 cm³/mol. The van der Waals surface area contributed by atoms with Crippen LogP contribution in [0.1, 0.15) is 31.7 Å². The summed E-state index contributed by atoms with van der Waals surface area (Å²) < 4.78 is 4.99. The molecule has 0 aromatic heterocycles. The Balaban J connectivity index is 2.37. The monoisotopic (exact) mass is 249 g/mol. The maximum Gasteiger partial charge on any atom is 0.334 e. The van der Waals surface area contributed by atoms with Crippen LogP contribution in [0.25, 0.3) is 0 Å². The van der Waals surface area contributed by atoms with Crippen molar-refractivity contribution in [3.05, 3.63) is 40.8 Å². The van der Waals surface area contributed by atoms with Gasteiger partial charge < -0.3 is 4.74 Å². The summed E-state index contributed by atoms with van der Waals surface area (Å²) in [5.74, 6) is -0.505. The van der Waals surface area contributed by atoms with Gasteiger partial charge in [0.15, 0.2) is 6.04 Å². The number of carbonyl (C=O) groups is 1. The molecule has 1 rings (SSSR count). The number of hydrogen-bond acceptors (Lipinski definition) is 4. The molecule has 18 heavy (non-hydrogen) atoms. The Morgan fingerprint density at radius 2 is 2.06 bits per heavy atom. The maximum atomic E-state index is 11.6. The lowest BCUT2D eigenvalue weighted by Crippen LogP contribution is -2.22. The molecule has 0 fully saturated rings. The minimum absolute atomic E-state index is 0.368. The quantitative estimate of drug-likeness (QED) is 0.404. The molecule has 1 unspecified atom stereocenters. The van der Waals surface area contributed by atoms with E-state index in [-0.39, 0.29) is 0 Å². The first-order chi connectivity index (χ1) is 8.77. The van der Waals surface area contributed by atoms with E-state index in [1.807, 2.05) is 37.3 Å². The van der Waals surface area contributed by atoms with Crippen molar-refractivity contribution in [1.29, 1.82) is 0 Å². The standard InChI is InChI=1S/C14H19NO3/c1-2-3-11-18-14(16)13(15-17)10-9-12-7-5-4-6-8-12/h4-8,13H,2-3,9-11H2,1H3. The van der Waals surface area contributed by atoms with Crippen LogP contribution in [0.5, 0.6) is 0 Å². The van der Waals surface area contributed by atoms with Crippen LogP contribution >= 0.6 is 0 Å². The summed E-state index contributed by atoms with van der Waals surface area (Å²) >= 11 is 0. The van der Waals surface area contributed by atoms with E-state index in [4.69, 9.17) is 4.74 Å². The number of carbonyl (C=O) groups excluding carboxylic acids is 1. The molecule has 4 nitrogen and oxygen atoms in total. The van der Waals surface area contributed by atoms with E-state index in [0.717, 1.165) is 18.4 Å². The van der Waals surface area contributed by atoms with Gasteiger partial charge in [0.2, 0.25) is 0 Å². The Labute approximate surface area is 107 Å². The lowest BCUT2D eigenvalue weighted by Gasteiger charge is -2.09. The van der Waals surface area contributed by atoms with E-state index in [1.165, 1.54) is 0 Å². The van der Waals surface area contributed by atoms with Gasteiger partial charge in [-0.3, -0.25) is 0 Å². The zero-order chi connectivity index (χ0) is 13.2. The SMILES string of the molecule is CCCCOC(=O)C(CCc1ccccc1)N=O. The van der Waals surface area contributed by atoms with Gasteiger partial charge in [-0.2, -0.15) is 0 Å². The molecule has 0 heterocycles. The second-order valence-electron chi connectivity index (χ2n) is 4.17. The van der Waals surface area contributed by atoms with Gasteiger partial charge in [-0.1, -0.05) is 48.9 Å². The van der Waals surface area contributed by atoms with Gasteiger partial charge in [0.1, 0.15) is 0 Å². The molecule has 98 valence electrons. The highest BCUT2D eigenvalue weighted by Crippen LogP contribution is 2.09. The number of rotatable bonds is 8. The van der Waals surface area contributed by atoms with Crippen LogP contribution in [0.15, 0.2) is 35.5 Å². The van der Waals surface area contributed by atoms with Crippen LogP contribution in [0.4, 0.5) is 0 Å². The van der Waals surface area contributed by atoms with E-state index in [9.17, 15) is 9.70 Å². The molecule has 0 saturated heterocycles. The maximum absolute atomic E-state index is 11.6. The minimum atomic E-state index is -0.887. The van der Waals surface area contributed by atoms with Crippen molar-refractivity contribution in [2.75, 3.05) is 6.61 Å². The fourth-order valence-corrected chi connectivity index (χ4v) is 1.57. The molecule has 0 N–H and O–H groups in total. The van der Waals surface area contributed by atoms with Gasteiger partial charge in [-0.25, -0.2) is 4.79 Å². The van der Waals surface area contributed by atoms with Gasteiger partial charge >= 0.3 is 5.97 Å². The van der Waals surface area contributed by atoms with Crippen molar-refractivity contribution in [3.63, 3.8) is 0 Å². The Morgan fingerprint density at radius 1 is 1.33 bits per heavy atom. The van der Waals surface area contributed by atoms with Crippen LogP contribution in [0, 0.1) is 4.91 Å². The van der Waals surface area contributed by atoms with Gasteiger partial charge in [0, 0.05) is 0 Å². The number of ether oxygens (including phenoxy) is 1.